The molecule has 0 spiro atoms. The van der Waals surface area contributed by atoms with Crippen molar-refractivity contribution < 1.29 is 5.11 Å². The first kappa shape index (κ1) is 19.1. The highest BCUT2D eigenvalue weighted by atomic mass is 16.3. The van der Waals surface area contributed by atoms with Gasteiger partial charge in [-0.3, -0.25) is 9.69 Å². The number of likely N-dealkylation sites (N-methyl/N-ethyl adjacent to an activating group) is 1. The predicted octanol–water partition coefficient (Wildman–Crippen LogP) is 2.49. The highest BCUT2D eigenvalue weighted by Gasteiger charge is 2.38. The Labute approximate surface area is 179 Å². The van der Waals surface area contributed by atoms with Crippen LogP contribution in [0.25, 0.3) is 16.7 Å². The van der Waals surface area contributed by atoms with Gasteiger partial charge >= 0.3 is 0 Å². The number of hydrazone groups is 1. The Morgan fingerprint density at radius 1 is 1.23 bits per heavy atom. The second-order valence-electron chi connectivity index (χ2n) is 7.73. The van der Waals surface area contributed by atoms with E-state index in [0.717, 1.165) is 27.7 Å². The number of imidazole rings is 1. The zero-order chi connectivity index (χ0) is 21.5. The van der Waals surface area contributed by atoms with Gasteiger partial charge in [0.1, 0.15) is 18.0 Å². The first-order valence-corrected chi connectivity index (χ1v) is 10.00. The quantitative estimate of drug-likeness (QED) is 0.466. The van der Waals surface area contributed by atoms with Crippen LogP contribution in [0.1, 0.15) is 28.6 Å². The van der Waals surface area contributed by atoms with Gasteiger partial charge in [-0.25, -0.2) is 4.98 Å². The van der Waals surface area contributed by atoms with Gasteiger partial charge in [-0.2, -0.15) is 10.2 Å². The van der Waals surface area contributed by atoms with E-state index in [-0.39, 0.29) is 0 Å². The van der Waals surface area contributed by atoms with Crippen LogP contribution in [0.3, 0.4) is 0 Å². The molecule has 1 aliphatic rings. The average molecular weight is 413 g/mol. The Morgan fingerprint density at radius 3 is 2.74 bits per heavy atom. The van der Waals surface area contributed by atoms with Gasteiger partial charge in [0, 0.05) is 30.7 Å². The fraction of sp³-hybridized carbons (Fsp3) is 0.174. The van der Waals surface area contributed by atoms with Crippen molar-refractivity contribution in [2.75, 3.05) is 7.05 Å². The van der Waals surface area contributed by atoms with Gasteiger partial charge in [0.25, 0.3) is 0 Å². The summed E-state index contributed by atoms with van der Waals surface area (Å²) < 4.78 is 1.87. The lowest BCUT2D eigenvalue weighted by Crippen LogP contribution is -2.29. The fourth-order valence-electron chi connectivity index (χ4n) is 3.93. The molecular formula is C23H23N7O. The average Bonchev–Trinajstić information content (AvgIpc) is 3.47. The Kier molecular flexibility index (Phi) is 4.56. The van der Waals surface area contributed by atoms with Crippen molar-refractivity contribution in [3.63, 3.8) is 0 Å². The molecule has 0 bridgehead atoms. The highest BCUT2D eigenvalue weighted by Crippen LogP contribution is 2.31. The van der Waals surface area contributed by atoms with Gasteiger partial charge in [-0.1, -0.05) is 36.9 Å². The first-order valence-electron chi connectivity index (χ1n) is 10.00. The first-order chi connectivity index (χ1) is 15.0. The Morgan fingerprint density at radius 2 is 2.03 bits per heavy atom. The Hall–Kier alpha value is -3.91. The third kappa shape index (κ3) is 3.47. The summed E-state index contributed by atoms with van der Waals surface area (Å²) in [6.45, 7) is 4.48. The normalized spacial score (nSPS) is 18.5. The lowest BCUT2D eigenvalue weighted by Gasteiger charge is -2.19. The van der Waals surface area contributed by atoms with Crippen LogP contribution in [0.4, 0.5) is 0 Å². The summed E-state index contributed by atoms with van der Waals surface area (Å²) in [7, 11) is 1.84. The molecular weight excluding hydrogens is 390 g/mol. The summed E-state index contributed by atoms with van der Waals surface area (Å²) in [5, 5.41) is 21.7. The van der Waals surface area contributed by atoms with Crippen LogP contribution in [0, 0.1) is 0 Å². The molecule has 31 heavy (non-hydrogen) atoms. The third-order valence-corrected chi connectivity index (χ3v) is 5.55. The summed E-state index contributed by atoms with van der Waals surface area (Å²) in [6, 6.07) is 15.2. The molecule has 2 aromatic heterocycles. The minimum atomic E-state index is -0.813. The fourth-order valence-corrected chi connectivity index (χ4v) is 3.93. The number of rotatable bonds is 5. The van der Waals surface area contributed by atoms with E-state index in [0.29, 0.717) is 23.8 Å². The molecule has 4 N–H and O–H groups in total. The molecule has 2 atom stereocenters. The lowest BCUT2D eigenvalue weighted by molar-refractivity contribution is 0.134. The molecule has 2 unspecified atom stereocenters. The number of nitrogens with one attached hydrogen (secondary N) is 1. The smallest absolute Gasteiger partial charge is 0.136 e. The van der Waals surface area contributed by atoms with Gasteiger partial charge in [0.2, 0.25) is 0 Å². The number of H-pyrrole nitrogens is 1. The maximum Gasteiger partial charge on any atom is 0.136 e. The van der Waals surface area contributed by atoms with Crippen molar-refractivity contribution in [2.24, 2.45) is 10.8 Å². The van der Waals surface area contributed by atoms with Crippen molar-refractivity contribution in [1.29, 1.82) is 0 Å². The van der Waals surface area contributed by atoms with Crippen molar-refractivity contribution in [1.82, 2.24) is 24.8 Å². The Bertz CT molecular complexity index is 1270. The van der Waals surface area contributed by atoms with Crippen molar-refractivity contribution >= 4 is 22.4 Å². The molecule has 3 heterocycles. The molecule has 0 fully saturated rings. The molecule has 0 saturated carbocycles. The minimum absolute atomic E-state index is 0.407. The van der Waals surface area contributed by atoms with E-state index in [1.165, 1.54) is 0 Å². The van der Waals surface area contributed by atoms with E-state index in [1.807, 2.05) is 66.5 Å². The van der Waals surface area contributed by atoms with Gasteiger partial charge < -0.3 is 15.8 Å². The maximum absolute atomic E-state index is 11.1. The molecule has 2 aromatic carbocycles. The molecule has 0 radical (unpaired) electrons. The number of aliphatic hydroxyl groups excluding tert-OH is 1. The van der Waals surface area contributed by atoms with Gasteiger partial charge in [-0.05, 0) is 29.3 Å². The summed E-state index contributed by atoms with van der Waals surface area (Å²) in [5.74, 6) is 0.652. The van der Waals surface area contributed by atoms with Gasteiger partial charge in [0.15, 0.2) is 0 Å². The molecule has 156 valence electrons. The minimum Gasteiger partial charge on any atom is -0.399 e. The number of fused-ring (bicyclic) bond motifs is 1. The SMILES string of the molecule is C=C(N)c1ccc2nc(C3C(O)C(c4ccc(Cn5cccn5)cc4)=NN3C)[nH]c2c1. The number of aliphatic hydroxyl groups is 1. The van der Waals surface area contributed by atoms with Crippen LogP contribution in [0.2, 0.25) is 0 Å². The molecule has 8 heteroatoms. The van der Waals surface area contributed by atoms with E-state index in [9.17, 15) is 5.11 Å². The monoisotopic (exact) mass is 413 g/mol. The van der Waals surface area contributed by atoms with Crippen molar-refractivity contribution in [3.8, 4) is 0 Å². The topological polar surface area (TPSA) is 108 Å². The summed E-state index contributed by atoms with van der Waals surface area (Å²) in [4.78, 5) is 7.98. The number of hydrogen-bond donors (Lipinski definition) is 3. The number of nitrogens with two attached hydrogens (primary N) is 1. The van der Waals surface area contributed by atoms with E-state index < -0.39 is 12.1 Å². The van der Waals surface area contributed by atoms with Gasteiger partial charge in [-0.15, -0.1) is 0 Å². The molecule has 4 aromatic rings. The second kappa shape index (κ2) is 7.41. The molecule has 0 aliphatic carbocycles. The lowest BCUT2D eigenvalue weighted by atomic mass is 9.99. The number of aromatic amines is 1. The predicted molar refractivity (Wildman–Crippen MR) is 120 cm³/mol. The van der Waals surface area contributed by atoms with Crippen LogP contribution in [0.5, 0.6) is 0 Å². The summed E-state index contributed by atoms with van der Waals surface area (Å²) in [6.07, 6.45) is 2.88. The van der Waals surface area contributed by atoms with E-state index in [2.05, 4.69) is 26.7 Å². The van der Waals surface area contributed by atoms with E-state index >= 15 is 0 Å². The van der Waals surface area contributed by atoms with Crippen LogP contribution in [-0.2, 0) is 6.54 Å². The maximum atomic E-state index is 11.1. The van der Waals surface area contributed by atoms with E-state index in [1.54, 1.807) is 11.2 Å². The number of aromatic nitrogens is 4. The van der Waals surface area contributed by atoms with Crippen LogP contribution < -0.4 is 5.73 Å². The second-order valence-corrected chi connectivity index (χ2v) is 7.73. The molecule has 0 saturated heterocycles. The van der Waals surface area contributed by atoms with Crippen LogP contribution >= 0.6 is 0 Å². The largest absolute Gasteiger partial charge is 0.399 e. The summed E-state index contributed by atoms with van der Waals surface area (Å²) in [5.41, 5.74) is 11.4. The standard InChI is InChI=1S/C23H23N7O/c1-14(24)17-8-9-18-19(12-17)27-23(26-18)21-22(31)20(28-29(21)2)16-6-4-15(5-7-16)13-30-11-3-10-25-30/h3-12,21-22,31H,1,13,24H2,2H3,(H,26,27). The zero-order valence-electron chi connectivity index (χ0n) is 17.1. The van der Waals surface area contributed by atoms with Gasteiger partial charge in [0.05, 0.1) is 23.3 Å². The molecule has 8 nitrogen and oxygen atoms in total. The number of nitrogens with zero attached hydrogens (tertiary/aromatic N) is 5. The van der Waals surface area contributed by atoms with Crippen molar-refractivity contribution in [2.45, 2.75) is 18.7 Å². The zero-order valence-corrected chi connectivity index (χ0v) is 17.1. The van der Waals surface area contributed by atoms with Crippen molar-refractivity contribution in [3.05, 3.63) is 90.0 Å². The molecule has 1 aliphatic heterocycles. The molecule has 0 amide bonds. The van der Waals surface area contributed by atoms with Crippen LogP contribution in [-0.4, -0.2) is 48.7 Å². The summed E-state index contributed by atoms with van der Waals surface area (Å²) >= 11 is 0. The Balaban J connectivity index is 1.39. The number of benzene rings is 2. The highest BCUT2D eigenvalue weighted by molar-refractivity contribution is 6.05. The molecule has 5 rings (SSSR count). The van der Waals surface area contributed by atoms with E-state index in [4.69, 9.17) is 5.73 Å². The van der Waals surface area contributed by atoms with Crippen LogP contribution in [0.15, 0.2) is 72.6 Å². The number of hydrogen-bond acceptors (Lipinski definition) is 6. The third-order valence-electron chi connectivity index (χ3n) is 5.55.